The third-order valence-corrected chi connectivity index (χ3v) is 7.42. The van der Waals surface area contributed by atoms with Gasteiger partial charge in [0.15, 0.2) is 0 Å². The molecule has 1 heterocycles. The average molecular weight is 439 g/mol. The van der Waals surface area contributed by atoms with Crippen molar-refractivity contribution in [2.24, 2.45) is 0 Å². The van der Waals surface area contributed by atoms with E-state index in [0.717, 1.165) is 4.90 Å². The average Bonchev–Trinajstić information content (AvgIpc) is 2.70. The van der Waals surface area contributed by atoms with Crippen LogP contribution >= 0.6 is 23.4 Å². The summed E-state index contributed by atoms with van der Waals surface area (Å²) in [5, 5.41) is 0.700. The predicted octanol–water partition coefficient (Wildman–Crippen LogP) is 3.79. The van der Waals surface area contributed by atoms with E-state index in [1.165, 1.54) is 0 Å². The number of halogens is 1. The number of hydrogen-bond donors (Lipinski definition) is 1. The molecule has 2 aromatic rings. The number of thioether (sulfide) groups is 1. The number of piperidine rings is 1. The summed E-state index contributed by atoms with van der Waals surface area (Å²) in [6, 6.07) is 15.8. The number of carbonyl (C=O) groups excluding carboxylic acids is 1. The van der Waals surface area contributed by atoms with Crippen molar-refractivity contribution < 1.29 is 13.2 Å². The second-order valence-corrected chi connectivity index (χ2v) is 9.96. The normalized spacial score (nSPS) is 15.5. The number of sulfonamides is 1. The van der Waals surface area contributed by atoms with Crippen LogP contribution in [0.3, 0.4) is 0 Å². The predicted molar refractivity (Wildman–Crippen MR) is 113 cm³/mol. The molecule has 1 amide bonds. The first-order chi connectivity index (χ1) is 13.4. The Kier molecular flexibility index (Phi) is 7.40. The Hall–Kier alpha value is -1.54. The van der Waals surface area contributed by atoms with Crippen molar-refractivity contribution in [1.29, 1.82) is 0 Å². The lowest BCUT2D eigenvalue weighted by Gasteiger charge is -2.32. The number of hydrogen-bond acceptors (Lipinski definition) is 4. The molecule has 0 aromatic heterocycles. The molecule has 0 unspecified atom stereocenters. The summed E-state index contributed by atoms with van der Waals surface area (Å²) in [4.78, 5) is 15.6. The Morgan fingerprint density at radius 1 is 1.07 bits per heavy atom. The van der Waals surface area contributed by atoms with E-state index in [0.29, 0.717) is 43.1 Å². The lowest BCUT2D eigenvalue weighted by molar-refractivity contribution is -0.131. The molecule has 0 atom stereocenters. The van der Waals surface area contributed by atoms with Crippen molar-refractivity contribution >= 4 is 39.3 Å². The fraction of sp³-hybridized carbons (Fsp3) is 0.350. The lowest BCUT2D eigenvalue weighted by atomic mass is 10.1. The van der Waals surface area contributed by atoms with E-state index >= 15 is 0 Å². The van der Waals surface area contributed by atoms with Crippen LogP contribution in [0.4, 0.5) is 0 Å². The third kappa shape index (κ3) is 5.98. The maximum absolute atomic E-state index is 12.4. The Labute approximate surface area is 175 Å². The van der Waals surface area contributed by atoms with Crippen molar-refractivity contribution in [2.45, 2.75) is 35.1 Å². The van der Waals surface area contributed by atoms with Crippen LogP contribution in [0.1, 0.15) is 19.3 Å². The summed E-state index contributed by atoms with van der Waals surface area (Å²) >= 11 is 7.50. The topological polar surface area (TPSA) is 66.5 Å². The molecule has 1 aliphatic rings. The van der Waals surface area contributed by atoms with E-state index in [2.05, 4.69) is 4.72 Å². The Morgan fingerprint density at radius 2 is 1.71 bits per heavy atom. The van der Waals surface area contributed by atoms with Crippen LogP contribution in [0.2, 0.25) is 5.02 Å². The quantitative estimate of drug-likeness (QED) is 0.668. The van der Waals surface area contributed by atoms with Gasteiger partial charge in [0, 0.05) is 41.2 Å². The molecule has 3 rings (SSSR count). The van der Waals surface area contributed by atoms with Crippen molar-refractivity contribution in [3.8, 4) is 0 Å². The molecule has 0 aliphatic carbocycles. The van der Waals surface area contributed by atoms with Crippen LogP contribution in [0, 0.1) is 0 Å². The zero-order valence-corrected chi connectivity index (χ0v) is 17.8. The van der Waals surface area contributed by atoms with Crippen LogP contribution in [-0.2, 0) is 14.8 Å². The molecule has 5 nitrogen and oxygen atoms in total. The van der Waals surface area contributed by atoms with Gasteiger partial charge in [0.05, 0.1) is 4.90 Å². The molecule has 1 fully saturated rings. The summed E-state index contributed by atoms with van der Waals surface area (Å²) in [5.74, 6) is 0.826. The maximum atomic E-state index is 12.4. The van der Waals surface area contributed by atoms with E-state index in [-0.39, 0.29) is 16.8 Å². The second kappa shape index (κ2) is 9.78. The van der Waals surface area contributed by atoms with E-state index in [4.69, 9.17) is 11.6 Å². The number of benzene rings is 2. The van der Waals surface area contributed by atoms with Crippen molar-refractivity contribution in [3.63, 3.8) is 0 Å². The van der Waals surface area contributed by atoms with Crippen molar-refractivity contribution in [1.82, 2.24) is 9.62 Å². The van der Waals surface area contributed by atoms with Crippen LogP contribution < -0.4 is 4.72 Å². The summed E-state index contributed by atoms with van der Waals surface area (Å²) in [6.45, 7) is 1.15. The standard InChI is InChI=1S/C20H23ClN2O3S2/c21-16-6-8-18(9-7-16)27-15-12-20(24)23-13-10-17(11-14-23)22-28(25,26)19-4-2-1-3-5-19/h1-9,17,22H,10-15H2. The largest absolute Gasteiger partial charge is 0.343 e. The Morgan fingerprint density at radius 3 is 2.36 bits per heavy atom. The van der Waals surface area contributed by atoms with Crippen molar-refractivity contribution in [2.75, 3.05) is 18.8 Å². The van der Waals surface area contributed by atoms with Gasteiger partial charge < -0.3 is 4.90 Å². The van der Waals surface area contributed by atoms with Crippen LogP contribution in [0.5, 0.6) is 0 Å². The van der Waals surface area contributed by atoms with Gasteiger partial charge in [-0.25, -0.2) is 13.1 Å². The van der Waals surface area contributed by atoms with E-state index < -0.39 is 10.0 Å². The first kappa shape index (κ1) is 21.2. The zero-order valence-electron chi connectivity index (χ0n) is 15.4. The summed E-state index contributed by atoms with van der Waals surface area (Å²) in [5.41, 5.74) is 0. The highest BCUT2D eigenvalue weighted by atomic mass is 35.5. The summed E-state index contributed by atoms with van der Waals surface area (Å²) in [6.07, 6.45) is 1.72. The van der Waals surface area contributed by atoms with E-state index in [1.54, 1.807) is 42.1 Å². The number of carbonyl (C=O) groups is 1. The molecule has 28 heavy (non-hydrogen) atoms. The molecule has 1 saturated heterocycles. The zero-order chi connectivity index (χ0) is 20.0. The molecule has 150 valence electrons. The third-order valence-electron chi connectivity index (χ3n) is 4.62. The van der Waals surface area contributed by atoms with Gasteiger partial charge in [-0.2, -0.15) is 0 Å². The molecule has 2 aromatic carbocycles. The van der Waals surface area contributed by atoms with Gasteiger partial charge >= 0.3 is 0 Å². The van der Waals surface area contributed by atoms with Gasteiger partial charge in [-0.1, -0.05) is 29.8 Å². The maximum Gasteiger partial charge on any atom is 0.240 e. The number of amides is 1. The highest BCUT2D eigenvalue weighted by Crippen LogP contribution is 2.22. The van der Waals surface area contributed by atoms with E-state index in [9.17, 15) is 13.2 Å². The second-order valence-electron chi connectivity index (χ2n) is 6.64. The van der Waals surface area contributed by atoms with Gasteiger partial charge in [-0.3, -0.25) is 4.79 Å². The van der Waals surface area contributed by atoms with Gasteiger partial charge in [0.25, 0.3) is 0 Å². The number of nitrogens with zero attached hydrogens (tertiary/aromatic N) is 1. The molecular weight excluding hydrogens is 416 g/mol. The minimum Gasteiger partial charge on any atom is -0.343 e. The lowest BCUT2D eigenvalue weighted by Crippen LogP contribution is -2.46. The smallest absolute Gasteiger partial charge is 0.240 e. The molecule has 0 radical (unpaired) electrons. The molecular formula is C20H23ClN2O3S2. The number of nitrogens with one attached hydrogen (secondary N) is 1. The minimum absolute atomic E-state index is 0.117. The van der Waals surface area contributed by atoms with Gasteiger partial charge in [-0.05, 0) is 49.2 Å². The first-order valence-electron chi connectivity index (χ1n) is 9.17. The van der Waals surface area contributed by atoms with Crippen molar-refractivity contribution in [3.05, 3.63) is 59.6 Å². The molecule has 0 saturated carbocycles. The number of likely N-dealkylation sites (tertiary alicyclic amines) is 1. The molecule has 1 N–H and O–H groups in total. The van der Waals surface area contributed by atoms with Crippen LogP contribution in [0.25, 0.3) is 0 Å². The molecule has 0 bridgehead atoms. The SMILES string of the molecule is O=C(CCSc1ccc(Cl)cc1)N1CCC(NS(=O)(=O)c2ccccc2)CC1. The monoisotopic (exact) mass is 438 g/mol. The first-order valence-corrected chi connectivity index (χ1v) is 12.0. The Balaban J connectivity index is 1.42. The molecule has 1 aliphatic heterocycles. The van der Waals surface area contributed by atoms with E-state index in [1.807, 2.05) is 29.2 Å². The number of rotatable bonds is 7. The van der Waals surface area contributed by atoms with Crippen LogP contribution in [0.15, 0.2) is 64.4 Å². The van der Waals surface area contributed by atoms with Crippen LogP contribution in [-0.4, -0.2) is 44.1 Å². The van der Waals surface area contributed by atoms with Gasteiger partial charge in [0.2, 0.25) is 15.9 Å². The summed E-state index contributed by atoms with van der Waals surface area (Å²) in [7, 11) is -3.51. The molecule has 8 heteroatoms. The minimum atomic E-state index is -3.51. The fourth-order valence-corrected chi connectivity index (χ4v) is 5.37. The highest BCUT2D eigenvalue weighted by molar-refractivity contribution is 7.99. The van der Waals surface area contributed by atoms with Gasteiger partial charge in [0.1, 0.15) is 0 Å². The van der Waals surface area contributed by atoms with Gasteiger partial charge in [-0.15, -0.1) is 11.8 Å². The molecule has 0 spiro atoms. The fourth-order valence-electron chi connectivity index (χ4n) is 3.08. The Bertz CT molecular complexity index is 881. The summed E-state index contributed by atoms with van der Waals surface area (Å²) < 4.78 is 27.6. The highest BCUT2D eigenvalue weighted by Gasteiger charge is 2.26.